The van der Waals surface area contributed by atoms with Crippen LogP contribution in [0.5, 0.6) is 0 Å². The lowest BCUT2D eigenvalue weighted by molar-refractivity contribution is -0.122. The first-order valence-corrected chi connectivity index (χ1v) is 6.62. The van der Waals surface area contributed by atoms with Crippen molar-refractivity contribution in [3.05, 3.63) is 0 Å². The van der Waals surface area contributed by atoms with Gasteiger partial charge >= 0.3 is 0 Å². The van der Waals surface area contributed by atoms with Gasteiger partial charge in [-0.3, -0.25) is 4.79 Å². The minimum Gasteiger partial charge on any atom is -0.378 e. The van der Waals surface area contributed by atoms with Crippen molar-refractivity contribution in [2.24, 2.45) is 11.1 Å². The van der Waals surface area contributed by atoms with Crippen molar-refractivity contribution in [3.8, 4) is 0 Å². The Morgan fingerprint density at radius 2 is 2.24 bits per heavy atom. The summed E-state index contributed by atoms with van der Waals surface area (Å²) in [5.41, 5.74) is 5.60. The van der Waals surface area contributed by atoms with Gasteiger partial charge in [0, 0.05) is 19.6 Å². The van der Waals surface area contributed by atoms with Crippen molar-refractivity contribution in [1.29, 1.82) is 0 Å². The molecule has 4 nitrogen and oxygen atoms in total. The summed E-state index contributed by atoms with van der Waals surface area (Å²) in [5.74, 6) is 0.112. The summed E-state index contributed by atoms with van der Waals surface area (Å²) in [6, 6.07) is 0. The lowest BCUT2D eigenvalue weighted by Crippen LogP contribution is -2.38. The van der Waals surface area contributed by atoms with E-state index in [0.717, 1.165) is 25.9 Å². The van der Waals surface area contributed by atoms with Crippen LogP contribution in [0.15, 0.2) is 0 Å². The molecule has 0 saturated carbocycles. The maximum atomic E-state index is 11.6. The number of hydrogen-bond acceptors (Lipinski definition) is 3. The van der Waals surface area contributed by atoms with E-state index in [4.69, 9.17) is 10.5 Å². The van der Waals surface area contributed by atoms with Crippen LogP contribution in [0.1, 0.15) is 46.0 Å². The molecule has 3 N–H and O–H groups in total. The second-order valence-corrected chi connectivity index (χ2v) is 5.67. The van der Waals surface area contributed by atoms with Crippen molar-refractivity contribution < 1.29 is 9.53 Å². The van der Waals surface area contributed by atoms with E-state index in [9.17, 15) is 4.79 Å². The SMILES string of the molecule is CC(C)(CN)CNC(=O)CCC1CCCCO1. The average molecular weight is 242 g/mol. The van der Waals surface area contributed by atoms with Crippen LogP contribution in [-0.2, 0) is 9.53 Å². The van der Waals surface area contributed by atoms with E-state index < -0.39 is 0 Å². The average Bonchev–Trinajstić information content (AvgIpc) is 2.35. The number of carbonyl (C=O) groups excluding carboxylic acids is 1. The quantitative estimate of drug-likeness (QED) is 0.740. The van der Waals surface area contributed by atoms with E-state index in [1.807, 2.05) is 0 Å². The molecule has 1 aliphatic heterocycles. The molecular weight excluding hydrogens is 216 g/mol. The summed E-state index contributed by atoms with van der Waals surface area (Å²) >= 11 is 0. The topological polar surface area (TPSA) is 64.3 Å². The molecule has 0 aromatic carbocycles. The molecule has 1 fully saturated rings. The summed E-state index contributed by atoms with van der Waals surface area (Å²) in [5, 5.41) is 2.94. The van der Waals surface area contributed by atoms with Gasteiger partial charge in [0.15, 0.2) is 0 Å². The van der Waals surface area contributed by atoms with Gasteiger partial charge in [-0.25, -0.2) is 0 Å². The van der Waals surface area contributed by atoms with E-state index in [-0.39, 0.29) is 17.4 Å². The van der Waals surface area contributed by atoms with Gasteiger partial charge in [-0.05, 0) is 37.6 Å². The molecule has 0 aromatic rings. The van der Waals surface area contributed by atoms with Gasteiger partial charge in [0.05, 0.1) is 6.10 Å². The molecule has 1 heterocycles. The summed E-state index contributed by atoms with van der Waals surface area (Å²) in [6.07, 6.45) is 5.18. The van der Waals surface area contributed by atoms with Gasteiger partial charge in [-0.1, -0.05) is 13.8 Å². The van der Waals surface area contributed by atoms with E-state index in [2.05, 4.69) is 19.2 Å². The number of rotatable bonds is 6. The fourth-order valence-electron chi connectivity index (χ4n) is 1.83. The monoisotopic (exact) mass is 242 g/mol. The number of nitrogens with one attached hydrogen (secondary N) is 1. The van der Waals surface area contributed by atoms with Gasteiger partial charge in [-0.15, -0.1) is 0 Å². The van der Waals surface area contributed by atoms with Crippen LogP contribution in [0.4, 0.5) is 0 Å². The summed E-state index contributed by atoms with van der Waals surface area (Å²) in [4.78, 5) is 11.6. The zero-order valence-electron chi connectivity index (χ0n) is 11.1. The fraction of sp³-hybridized carbons (Fsp3) is 0.923. The van der Waals surface area contributed by atoms with Crippen molar-refractivity contribution in [2.75, 3.05) is 19.7 Å². The molecule has 1 saturated heterocycles. The molecule has 1 unspecified atom stereocenters. The Bertz CT molecular complexity index is 236. The van der Waals surface area contributed by atoms with Crippen molar-refractivity contribution in [3.63, 3.8) is 0 Å². The Morgan fingerprint density at radius 1 is 1.47 bits per heavy atom. The first-order valence-electron chi connectivity index (χ1n) is 6.62. The molecule has 17 heavy (non-hydrogen) atoms. The maximum absolute atomic E-state index is 11.6. The van der Waals surface area contributed by atoms with Crippen LogP contribution in [0.3, 0.4) is 0 Å². The number of amides is 1. The zero-order valence-corrected chi connectivity index (χ0v) is 11.1. The smallest absolute Gasteiger partial charge is 0.220 e. The van der Waals surface area contributed by atoms with E-state index >= 15 is 0 Å². The Balaban J connectivity index is 2.12. The zero-order chi connectivity index (χ0) is 12.7. The third-order valence-corrected chi connectivity index (χ3v) is 3.28. The number of hydrogen-bond donors (Lipinski definition) is 2. The third-order valence-electron chi connectivity index (χ3n) is 3.28. The first-order chi connectivity index (χ1) is 8.03. The highest BCUT2D eigenvalue weighted by molar-refractivity contribution is 5.75. The van der Waals surface area contributed by atoms with Gasteiger partial charge in [-0.2, -0.15) is 0 Å². The standard InChI is InChI=1S/C13H26N2O2/c1-13(2,9-14)10-15-12(16)7-6-11-5-3-4-8-17-11/h11H,3-10,14H2,1-2H3,(H,15,16). The highest BCUT2D eigenvalue weighted by Gasteiger charge is 2.18. The normalized spacial score (nSPS) is 21.2. The molecule has 100 valence electrons. The third kappa shape index (κ3) is 6.03. The second kappa shape index (κ2) is 6.97. The van der Waals surface area contributed by atoms with Gasteiger partial charge in [0.25, 0.3) is 0 Å². The van der Waals surface area contributed by atoms with Crippen LogP contribution >= 0.6 is 0 Å². The molecule has 1 atom stereocenters. The van der Waals surface area contributed by atoms with Crippen molar-refractivity contribution >= 4 is 5.91 Å². The Kier molecular flexibility index (Phi) is 5.92. The summed E-state index contributed by atoms with van der Waals surface area (Å²) < 4.78 is 5.59. The molecule has 0 aliphatic carbocycles. The van der Waals surface area contributed by atoms with E-state index in [0.29, 0.717) is 19.5 Å². The summed E-state index contributed by atoms with van der Waals surface area (Å²) in [6.45, 7) is 6.19. The molecule has 1 amide bonds. The minimum absolute atomic E-state index is 0.0169. The first kappa shape index (κ1) is 14.5. The number of carbonyl (C=O) groups is 1. The molecule has 1 rings (SSSR count). The number of ether oxygens (including phenoxy) is 1. The Morgan fingerprint density at radius 3 is 2.82 bits per heavy atom. The second-order valence-electron chi connectivity index (χ2n) is 5.67. The molecule has 1 aliphatic rings. The highest BCUT2D eigenvalue weighted by Crippen LogP contribution is 2.17. The molecular formula is C13H26N2O2. The van der Waals surface area contributed by atoms with Crippen LogP contribution < -0.4 is 11.1 Å². The summed E-state index contributed by atoms with van der Waals surface area (Å²) in [7, 11) is 0. The maximum Gasteiger partial charge on any atom is 0.220 e. The minimum atomic E-state index is -0.0169. The van der Waals surface area contributed by atoms with Crippen LogP contribution in [-0.4, -0.2) is 31.7 Å². The predicted octanol–water partition coefficient (Wildman–Crippen LogP) is 1.44. The molecule has 0 spiro atoms. The van der Waals surface area contributed by atoms with Crippen LogP contribution in [0.2, 0.25) is 0 Å². The van der Waals surface area contributed by atoms with Crippen LogP contribution in [0.25, 0.3) is 0 Å². The molecule has 4 heteroatoms. The lowest BCUT2D eigenvalue weighted by atomic mass is 9.94. The Labute approximate surface area is 104 Å². The van der Waals surface area contributed by atoms with E-state index in [1.54, 1.807) is 0 Å². The fourth-order valence-corrected chi connectivity index (χ4v) is 1.83. The highest BCUT2D eigenvalue weighted by atomic mass is 16.5. The molecule has 0 radical (unpaired) electrons. The van der Waals surface area contributed by atoms with Crippen LogP contribution in [0, 0.1) is 5.41 Å². The van der Waals surface area contributed by atoms with Crippen molar-refractivity contribution in [1.82, 2.24) is 5.32 Å². The Hall–Kier alpha value is -0.610. The largest absolute Gasteiger partial charge is 0.378 e. The van der Waals surface area contributed by atoms with Gasteiger partial charge < -0.3 is 15.8 Å². The van der Waals surface area contributed by atoms with Gasteiger partial charge in [0.1, 0.15) is 0 Å². The molecule has 0 aromatic heterocycles. The van der Waals surface area contributed by atoms with Crippen molar-refractivity contribution in [2.45, 2.75) is 52.1 Å². The molecule has 0 bridgehead atoms. The predicted molar refractivity (Wildman–Crippen MR) is 68.7 cm³/mol. The van der Waals surface area contributed by atoms with Gasteiger partial charge in [0.2, 0.25) is 5.91 Å². The lowest BCUT2D eigenvalue weighted by Gasteiger charge is -2.24. The number of nitrogens with two attached hydrogens (primary N) is 1. The van der Waals surface area contributed by atoms with E-state index in [1.165, 1.54) is 6.42 Å².